The van der Waals surface area contributed by atoms with Crippen molar-refractivity contribution >= 4 is 17.2 Å². The Kier molecular flexibility index (Phi) is 4.96. The van der Waals surface area contributed by atoms with Crippen molar-refractivity contribution in [2.24, 2.45) is 0 Å². The van der Waals surface area contributed by atoms with Crippen LogP contribution in [0.5, 0.6) is 5.75 Å². The highest BCUT2D eigenvalue weighted by Crippen LogP contribution is 2.35. The second-order valence-electron chi connectivity index (χ2n) is 5.73. The molecule has 1 amide bonds. The van der Waals surface area contributed by atoms with Gasteiger partial charge in [-0.05, 0) is 48.4 Å². The number of aryl methyl sites for hydroxylation is 1. The number of nitrogens with zero attached hydrogens (tertiary/aromatic N) is 1. The summed E-state index contributed by atoms with van der Waals surface area (Å²) in [6.07, 6.45) is 3.04. The van der Waals surface area contributed by atoms with Crippen LogP contribution in [0, 0.1) is 5.82 Å². The van der Waals surface area contributed by atoms with Crippen LogP contribution in [-0.2, 0) is 11.2 Å². The smallest absolute Gasteiger partial charge is 0.223 e. The van der Waals surface area contributed by atoms with E-state index in [1.165, 1.54) is 18.1 Å². The van der Waals surface area contributed by atoms with E-state index in [1.54, 1.807) is 17.4 Å². The number of methoxy groups -OCH3 is 1. The Hall–Kier alpha value is -1.88. The first-order valence-corrected chi connectivity index (χ1v) is 8.72. The van der Waals surface area contributed by atoms with Crippen LogP contribution in [0.2, 0.25) is 0 Å². The number of likely N-dealkylation sites (tertiary alicyclic amines) is 1. The van der Waals surface area contributed by atoms with E-state index < -0.39 is 0 Å². The molecule has 0 radical (unpaired) electrons. The number of benzene rings is 1. The molecule has 2 heterocycles. The summed E-state index contributed by atoms with van der Waals surface area (Å²) < 4.78 is 18.6. The van der Waals surface area contributed by atoms with Gasteiger partial charge in [-0.3, -0.25) is 4.79 Å². The van der Waals surface area contributed by atoms with Crippen LogP contribution in [0.15, 0.2) is 35.7 Å². The molecule has 3 rings (SSSR count). The van der Waals surface area contributed by atoms with Gasteiger partial charge >= 0.3 is 0 Å². The Morgan fingerprint density at radius 1 is 1.43 bits per heavy atom. The summed E-state index contributed by atoms with van der Waals surface area (Å²) >= 11 is 1.70. The molecular formula is C18H20FNO2S. The van der Waals surface area contributed by atoms with E-state index in [-0.39, 0.29) is 23.5 Å². The zero-order chi connectivity index (χ0) is 16.2. The minimum absolute atomic E-state index is 0.150. The first-order valence-electron chi connectivity index (χ1n) is 7.84. The summed E-state index contributed by atoms with van der Waals surface area (Å²) in [5, 5.41) is 2.05. The summed E-state index contributed by atoms with van der Waals surface area (Å²) in [5.74, 6) is 0.00425. The fourth-order valence-electron chi connectivity index (χ4n) is 3.10. The molecule has 0 bridgehead atoms. The highest BCUT2D eigenvalue weighted by Gasteiger charge is 2.30. The lowest BCUT2D eigenvalue weighted by atomic mass is 10.1. The molecule has 1 saturated heterocycles. The first-order chi connectivity index (χ1) is 11.2. The number of ether oxygens (including phenoxy) is 1. The maximum absolute atomic E-state index is 13.7. The molecule has 0 saturated carbocycles. The lowest BCUT2D eigenvalue weighted by Gasteiger charge is -2.24. The van der Waals surface area contributed by atoms with Crippen molar-refractivity contribution in [3.8, 4) is 5.75 Å². The number of amides is 1. The number of rotatable bonds is 5. The Labute approximate surface area is 139 Å². The Morgan fingerprint density at radius 3 is 3.00 bits per heavy atom. The number of thiophene rings is 1. The average Bonchev–Trinajstić information content (AvgIpc) is 3.23. The normalized spacial score (nSPS) is 17.5. The SMILES string of the molecule is COc1ccc(CCC(=O)N2CCCC2c2cccs2)cc1F. The molecule has 3 nitrogen and oxygen atoms in total. The number of halogens is 1. The minimum atomic E-state index is -0.380. The molecule has 1 fully saturated rings. The Balaban J connectivity index is 1.62. The van der Waals surface area contributed by atoms with Gasteiger partial charge in [0.1, 0.15) is 0 Å². The van der Waals surface area contributed by atoms with E-state index in [1.807, 2.05) is 17.0 Å². The van der Waals surface area contributed by atoms with Crippen molar-refractivity contribution in [3.05, 3.63) is 52.0 Å². The third-order valence-electron chi connectivity index (χ3n) is 4.29. The van der Waals surface area contributed by atoms with Crippen LogP contribution >= 0.6 is 11.3 Å². The van der Waals surface area contributed by atoms with Gasteiger partial charge in [0.2, 0.25) is 5.91 Å². The van der Waals surface area contributed by atoms with Crippen LogP contribution in [0.3, 0.4) is 0 Å². The highest BCUT2D eigenvalue weighted by atomic mass is 32.1. The standard InChI is InChI=1S/C18H20FNO2S/c1-22-16-8-6-13(12-14(16)19)7-9-18(21)20-10-2-4-15(20)17-5-3-11-23-17/h3,5-6,8,11-12,15H,2,4,7,9-10H2,1H3. The van der Waals surface area contributed by atoms with E-state index in [0.29, 0.717) is 12.8 Å². The second kappa shape index (κ2) is 7.13. The van der Waals surface area contributed by atoms with Gasteiger partial charge in [-0.25, -0.2) is 4.39 Å². The van der Waals surface area contributed by atoms with Gasteiger partial charge in [0, 0.05) is 17.8 Å². The molecule has 1 aromatic heterocycles. The van der Waals surface area contributed by atoms with Crippen LogP contribution < -0.4 is 4.74 Å². The summed E-state index contributed by atoms with van der Waals surface area (Å²) in [5.41, 5.74) is 0.823. The predicted molar refractivity (Wildman–Crippen MR) is 89.3 cm³/mol. The van der Waals surface area contributed by atoms with E-state index in [9.17, 15) is 9.18 Å². The highest BCUT2D eigenvalue weighted by molar-refractivity contribution is 7.10. The largest absolute Gasteiger partial charge is 0.494 e. The second-order valence-corrected chi connectivity index (χ2v) is 6.71. The van der Waals surface area contributed by atoms with Crippen molar-refractivity contribution in [2.45, 2.75) is 31.7 Å². The monoisotopic (exact) mass is 333 g/mol. The maximum Gasteiger partial charge on any atom is 0.223 e. The fraction of sp³-hybridized carbons (Fsp3) is 0.389. The lowest BCUT2D eigenvalue weighted by Crippen LogP contribution is -2.30. The number of hydrogen-bond donors (Lipinski definition) is 0. The Morgan fingerprint density at radius 2 is 2.30 bits per heavy atom. The topological polar surface area (TPSA) is 29.5 Å². The zero-order valence-electron chi connectivity index (χ0n) is 13.1. The van der Waals surface area contributed by atoms with E-state index in [0.717, 1.165) is 24.9 Å². The molecule has 5 heteroatoms. The van der Waals surface area contributed by atoms with E-state index in [4.69, 9.17) is 4.74 Å². The average molecular weight is 333 g/mol. The van der Waals surface area contributed by atoms with Gasteiger partial charge in [0.25, 0.3) is 0 Å². The Bertz CT molecular complexity index is 672. The van der Waals surface area contributed by atoms with Gasteiger partial charge in [0.05, 0.1) is 13.2 Å². The molecule has 1 atom stereocenters. The van der Waals surface area contributed by atoms with Crippen LogP contribution in [0.4, 0.5) is 4.39 Å². The summed E-state index contributed by atoms with van der Waals surface area (Å²) in [7, 11) is 1.44. The third-order valence-corrected chi connectivity index (χ3v) is 5.26. The molecule has 2 aromatic rings. The van der Waals surface area contributed by atoms with Gasteiger partial charge in [0.15, 0.2) is 11.6 Å². The molecule has 1 aliphatic rings. The molecule has 122 valence electrons. The molecular weight excluding hydrogens is 313 g/mol. The van der Waals surface area contributed by atoms with Crippen molar-refractivity contribution < 1.29 is 13.9 Å². The molecule has 1 unspecified atom stereocenters. The number of carbonyl (C=O) groups excluding carboxylic acids is 1. The molecule has 1 aromatic carbocycles. The van der Waals surface area contributed by atoms with Crippen molar-refractivity contribution in [1.82, 2.24) is 4.90 Å². The van der Waals surface area contributed by atoms with Crippen LogP contribution in [0.1, 0.15) is 35.7 Å². The molecule has 0 N–H and O–H groups in total. The molecule has 1 aliphatic heterocycles. The number of hydrogen-bond acceptors (Lipinski definition) is 3. The van der Waals surface area contributed by atoms with Gasteiger partial charge in [-0.1, -0.05) is 12.1 Å². The van der Waals surface area contributed by atoms with Crippen LogP contribution in [0.25, 0.3) is 0 Å². The first kappa shape index (κ1) is 16.0. The van der Waals surface area contributed by atoms with E-state index >= 15 is 0 Å². The van der Waals surface area contributed by atoms with Gasteiger partial charge in [-0.2, -0.15) is 0 Å². The third kappa shape index (κ3) is 3.55. The summed E-state index contributed by atoms with van der Waals surface area (Å²) in [6, 6.07) is 9.22. The van der Waals surface area contributed by atoms with Crippen molar-refractivity contribution in [2.75, 3.05) is 13.7 Å². The molecule has 23 heavy (non-hydrogen) atoms. The lowest BCUT2D eigenvalue weighted by molar-refractivity contribution is -0.132. The van der Waals surface area contributed by atoms with E-state index in [2.05, 4.69) is 11.4 Å². The number of carbonyl (C=O) groups is 1. The quantitative estimate of drug-likeness (QED) is 0.821. The maximum atomic E-state index is 13.7. The van der Waals surface area contributed by atoms with Crippen molar-refractivity contribution in [3.63, 3.8) is 0 Å². The predicted octanol–water partition coefficient (Wildman–Crippen LogP) is 4.19. The minimum Gasteiger partial charge on any atom is -0.494 e. The summed E-state index contributed by atoms with van der Waals surface area (Å²) in [4.78, 5) is 15.8. The summed E-state index contributed by atoms with van der Waals surface area (Å²) in [6.45, 7) is 0.818. The molecule has 0 spiro atoms. The zero-order valence-corrected chi connectivity index (χ0v) is 13.9. The fourth-order valence-corrected chi connectivity index (χ4v) is 3.98. The van der Waals surface area contributed by atoms with Gasteiger partial charge in [-0.15, -0.1) is 11.3 Å². The van der Waals surface area contributed by atoms with Crippen LogP contribution in [-0.4, -0.2) is 24.5 Å². The molecule has 0 aliphatic carbocycles. The van der Waals surface area contributed by atoms with Gasteiger partial charge < -0.3 is 9.64 Å². The van der Waals surface area contributed by atoms with Crippen molar-refractivity contribution in [1.29, 1.82) is 0 Å².